The fourth-order valence-corrected chi connectivity index (χ4v) is 17.8. The molecule has 0 radical (unpaired) electrons. The summed E-state index contributed by atoms with van der Waals surface area (Å²) in [5.41, 5.74) is 11.9. The van der Waals surface area contributed by atoms with Crippen LogP contribution >= 0.6 is 0 Å². The average Bonchev–Trinajstić information content (AvgIpc) is 4.01. The SMILES string of the molecule is Cc1cc(C2C[C@H]3CC[C@]2(C)C3(C)C)c(O)c(C2C[C@@H]3CC[C@@]2(C)C3(C)C)c1.Cc1ccc(O)c(C2C[C@H]3CC[C@]2(C)C3(C)C)c1.Cc1ccc(O)c(C2C[C@]3(C)C[C@H]2CC3(C)C)c1. The van der Waals surface area contributed by atoms with Crippen LogP contribution < -0.4 is 0 Å². The maximum Gasteiger partial charge on any atom is 0.122 e. The number of phenols is 3. The average molecular weight is 869 g/mol. The van der Waals surface area contributed by atoms with Crippen LogP contribution in [0, 0.1) is 87.8 Å². The molecular formula is C61H88O3. The van der Waals surface area contributed by atoms with E-state index < -0.39 is 0 Å². The molecule has 0 spiro atoms. The zero-order valence-electron chi connectivity index (χ0n) is 43.1. The highest BCUT2D eigenvalue weighted by atomic mass is 16.3. The van der Waals surface area contributed by atoms with E-state index in [1.807, 2.05) is 24.3 Å². The predicted octanol–water partition coefficient (Wildman–Crippen LogP) is 16.8. The highest BCUT2D eigenvalue weighted by Gasteiger charge is 2.65. The molecule has 11 rings (SSSR count). The van der Waals surface area contributed by atoms with Crippen LogP contribution in [-0.2, 0) is 0 Å². The first-order chi connectivity index (χ1) is 29.6. The van der Waals surface area contributed by atoms with Crippen LogP contribution in [-0.4, -0.2) is 15.3 Å². The van der Waals surface area contributed by atoms with Crippen LogP contribution in [0.25, 0.3) is 0 Å². The summed E-state index contributed by atoms with van der Waals surface area (Å²) in [6.45, 7) is 36.0. The van der Waals surface area contributed by atoms with Crippen molar-refractivity contribution in [2.75, 3.05) is 0 Å². The third-order valence-electron chi connectivity index (χ3n) is 23.9. The molecule has 4 unspecified atom stereocenters. The summed E-state index contributed by atoms with van der Waals surface area (Å²) in [6, 6.07) is 16.8. The topological polar surface area (TPSA) is 60.7 Å². The van der Waals surface area contributed by atoms with E-state index in [9.17, 15) is 15.3 Å². The molecule has 3 heteroatoms. The quantitative estimate of drug-likeness (QED) is 0.245. The van der Waals surface area contributed by atoms with Crippen molar-refractivity contribution in [3.63, 3.8) is 0 Å². The smallest absolute Gasteiger partial charge is 0.122 e. The Balaban J connectivity index is 0.000000127. The van der Waals surface area contributed by atoms with Gasteiger partial charge in [0.1, 0.15) is 17.2 Å². The summed E-state index contributed by atoms with van der Waals surface area (Å²) >= 11 is 0. The second kappa shape index (κ2) is 14.8. The van der Waals surface area contributed by atoms with Gasteiger partial charge in [-0.25, -0.2) is 0 Å². The van der Waals surface area contributed by atoms with Gasteiger partial charge in [-0.1, -0.05) is 136 Å². The van der Waals surface area contributed by atoms with Gasteiger partial charge in [-0.3, -0.25) is 0 Å². The first-order valence-electron chi connectivity index (χ1n) is 26.0. The minimum Gasteiger partial charge on any atom is -0.508 e. The number of hydrogen-bond acceptors (Lipinski definition) is 3. The van der Waals surface area contributed by atoms with Gasteiger partial charge in [-0.15, -0.1) is 0 Å². The Hall–Kier alpha value is -2.94. The lowest BCUT2D eigenvalue weighted by Crippen LogP contribution is -2.32. The molecule has 3 nitrogen and oxygen atoms in total. The van der Waals surface area contributed by atoms with E-state index in [-0.39, 0.29) is 0 Å². The summed E-state index contributed by atoms with van der Waals surface area (Å²) in [6.07, 6.45) is 15.7. The number of aryl methyl sites for hydroxylation is 3. The Labute approximate surface area is 390 Å². The van der Waals surface area contributed by atoms with Crippen molar-refractivity contribution in [3.05, 3.63) is 87.5 Å². The monoisotopic (exact) mass is 869 g/mol. The predicted molar refractivity (Wildman–Crippen MR) is 266 cm³/mol. The maximum atomic E-state index is 11.7. The molecule has 3 aromatic carbocycles. The van der Waals surface area contributed by atoms with E-state index in [0.29, 0.717) is 84.2 Å². The molecule has 0 amide bonds. The number of aromatic hydroxyl groups is 3. The molecule has 8 fully saturated rings. The van der Waals surface area contributed by atoms with Gasteiger partial charge in [0, 0.05) is 0 Å². The van der Waals surface area contributed by atoms with Crippen molar-refractivity contribution in [2.24, 2.45) is 67.0 Å². The van der Waals surface area contributed by atoms with Crippen molar-refractivity contribution >= 4 is 0 Å². The third-order valence-corrected chi connectivity index (χ3v) is 23.9. The van der Waals surface area contributed by atoms with Crippen molar-refractivity contribution < 1.29 is 15.3 Å². The zero-order valence-corrected chi connectivity index (χ0v) is 43.1. The van der Waals surface area contributed by atoms with Crippen LogP contribution in [0.2, 0.25) is 0 Å². The van der Waals surface area contributed by atoms with E-state index >= 15 is 0 Å². The van der Waals surface area contributed by atoms with Gasteiger partial charge in [0.2, 0.25) is 0 Å². The van der Waals surface area contributed by atoms with Crippen LogP contribution in [0.3, 0.4) is 0 Å². The lowest BCUT2D eigenvalue weighted by atomic mass is 9.63. The third kappa shape index (κ3) is 6.42. The molecule has 0 aliphatic heterocycles. The van der Waals surface area contributed by atoms with Crippen LogP contribution in [0.1, 0.15) is 223 Å². The zero-order chi connectivity index (χ0) is 46.5. The largest absolute Gasteiger partial charge is 0.508 e. The summed E-state index contributed by atoms with van der Waals surface area (Å²) in [5, 5.41) is 32.0. The molecule has 0 aromatic heterocycles. The van der Waals surface area contributed by atoms with Gasteiger partial charge < -0.3 is 15.3 Å². The molecule has 350 valence electrons. The van der Waals surface area contributed by atoms with Crippen molar-refractivity contribution in [1.82, 2.24) is 0 Å². The van der Waals surface area contributed by atoms with Crippen molar-refractivity contribution in [1.29, 1.82) is 0 Å². The summed E-state index contributed by atoms with van der Waals surface area (Å²) in [4.78, 5) is 0. The van der Waals surface area contributed by atoms with Crippen LogP contribution in [0.4, 0.5) is 0 Å². The number of benzene rings is 3. The van der Waals surface area contributed by atoms with Gasteiger partial charge >= 0.3 is 0 Å². The minimum absolute atomic E-state index is 0.318. The highest BCUT2D eigenvalue weighted by molar-refractivity contribution is 5.51. The second-order valence-corrected chi connectivity index (χ2v) is 27.3. The number of phenolic OH excluding ortho intramolecular Hbond substituents is 3. The molecule has 8 aliphatic rings. The Morgan fingerprint density at radius 3 is 1.16 bits per heavy atom. The molecule has 3 N–H and O–H groups in total. The van der Waals surface area contributed by atoms with E-state index in [1.165, 1.54) is 116 Å². The molecule has 0 saturated heterocycles. The summed E-state index contributed by atoms with van der Waals surface area (Å²) in [7, 11) is 0. The van der Waals surface area contributed by atoms with Crippen molar-refractivity contribution in [2.45, 2.75) is 205 Å². The molecular weight excluding hydrogens is 781 g/mol. The molecule has 12 atom stereocenters. The summed E-state index contributed by atoms with van der Waals surface area (Å²) < 4.78 is 0. The van der Waals surface area contributed by atoms with E-state index in [2.05, 4.69) is 128 Å². The molecule has 8 aliphatic carbocycles. The Bertz CT molecular complexity index is 2240. The van der Waals surface area contributed by atoms with Crippen LogP contribution in [0.15, 0.2) is 48.5 Å². The molecule has 64 heavy (non-hydrogen) atoms. The van der Waals surface area contributed by atoms with Gasteiger partial charge in [0.15, 0.2) is 0 Å². The lowest BCUT2D eigenvalue weighted by molar-refractivity contribution is 0.102. The molecule has 8 bridgehead atoms. The normalized spacial score (nSPS) is 40.6. The first-order valence-corrected chi connectivity index (χ1v) is 26.0. The minimum atomic E-state index is 0.318. The Morgan fingerprint density at radius 2 is 0.812 bits per heavy atom. The fourth-order valence-electron chi connectivity index (χ4n) is 17.8. The van der Waals surface area contributed by atoms with Gasteiger partial charge in [0.25, 0.3) is 0 Å². The Morgan fingerprint density at radius 1 is 0.438 bits per heavy atom. The summed E-state index contributed by atoms with van der Waals surface area (Å²) in [5.74, 6) is 7.00. The van der Waals surface area contributed by atoms with Gasteiger partial charge in [-0.2, -0.15) is 0 Å². The number of hydrogen-bond donors (Lipinski definition) is 3. The highest BCUT2D eigenvalue weighted by Crippen LogP contribution is 2.75. The van der Waals surface area contributed by atoms with E-state index in [0.717, 1.165) is 23.7 Å². The van der Waals surface area contributed by atoms with E-state index in [4.69, 9.17) is 0 Å². The lowest BCUT2D eigenvalue weighted by Gasteiger charge is -2.42. The first kappa shape index (κ1) is 46.2. The van der Waals surface area contributed by atoms with Gasteiger partial charge in [-0.05, 0) is 223 Å². The van der Waals surface area contributed by atoms with Crippen LogP contribution in [0.5, 0.6) is 17.2 Å². The van der Waals surface area contributed by atoms with Crippen molar-refractivity contribution in [3.8, 4) is 17.2 Å². The Kier molecular flexibility index (Phi) is 10.7. The fraction of sp³-hybridized carbons (Fsp3) is 0.705. The second-order valence-electron chi connectivity index (χ2n) is 27.3. The number of rotatable bonds is 4. The van der Waals surface area contributed by atoms with Gasteiger partial charge in [0.05, 0.1) is 0 Å². The van der Waals surface area contributed by atoms with E-state index in [1.54, 1.807) is 0 Å². The molecule has 8 saturated carbocycles. The maximum absolute atomic E-state index is 11.7. The number of fused-ring (bicyclic) bond motifs is 8. The molecule has 0 heterocycles. The molecule has 3 aromatic rings. The standard InChI is InChI=1S/C27H40O.2C17H24O/c1-16-12-19(21-14-17-8-10-26(21,6)24(17,2)3)23(28)20(13-16)22-15-18-9-11-27(22,7)25(18,4)5;1-11-5-6-15(18)13(7-11)14-10-17(4)9-12(14)8-16(17,2)3;1-11-5-6-15(18)13(9-11)14-10-12-7-8-17(14,4)16(12,2)3/h12-13,17-18,21-22,28H,8-11,14-15H2,1-7H3;5-7,12,14,18H,8-10H2,1-4H3;5-6,9,12,14,18H,7-8,10H2,1-4H3/t17-,18+,21?,22?,26+,27-;2*12-,14?,17+/m.11/s1.